The lowest BCUT2D eigenvalue weighted by Gasteiger charge is -2.14. The molecule has 4 aromatic rings. The van der Waals surface area contributed by atoms with E-state index in [2.05, 4.69) is 4.98 Å². The number of carbonyl (C=O) groups excluding carboxylic acids is 1. The van der Waals surface area contributed by atoms with Gasteiger partial charge in [0.05, 0.1) is 19.9 Å². The van der Waals surface area contributed by atoms with Crippen LogP contribution >= 0.6 is 0 Å². The number of nitrogens with one attached hydrogen (secondary N) is 1. The van der Waals surface area contributed by atoms with Crippen LogP contribution in [0, 0.1) is 0 Å². The second-order valence-corrected chi connectivity index (χ2v) is 7.18. The number of esters is 1. The molecule has 0 spiro atoms. The maximum absolute atomic E-state index is 12.7. The number of carbonyl (C=O) groups is 1. The highest BCUT2D eigenvalue weighted by molar-refractivity contribution is 6.13. The summed E-state index contributed by atoms with van der Waals surface area (Å²) in [4.78, 5) is 20.9. The van der Waals surface area contributed by atoms with E-state index in [0.717, 1.165) is 39.1 Å². The predicted molar refractivity (Wildman–Crippen MR) is 123 cm³/mol. The number of fused-ring (bicyclic) bond motifs is 1. The van der Waals surface area contributed by atoms with Crippen LogP contribution in [0.3, 0.4) is 0 Å². The van der Waals surface area contributed by atoms with E-state index in [1.165, 1.54) is 7.11 Å². The second-order valence-electron chi connectivity index (χ2n) is 7.18. The minimum absolute atomic E-state index is 0.374. The van der Waals surface area contributed by atoms with Crippen LogP contribution in [-0.4, -0.2) is 36.9 Å². The molecule has 0 fully saturated rings. The summed E-state index contributed by atoms with van der Waals surface area (Å²) in [5.41, 5.74) is 4.61. The van der Waals surface area contributed by atoms with Gasteiger partial charge >= 0.3 is 5.97 Å². The largest absolute Gasteiger partial charge is 0.497 e. The molecule has 1 N–H and O–H groups in total. The first kappa shape index (κ1) is 20.4. The average Bonchev–Trinajstić information content (AvgIpc) is 3.24. The maximum atomic E-state index is 12.7. The Labute approximate surface area is 181 Å². The van der Waals surface area contributed by atoms with E-state index < -0.39 is 6.04 Å². The van der Waals surface area contributed by atoms with E-state index in [1.54, 1.807) is 7.11 Å². The van der Waals surface area contributed by atoms with Gasteiger partial charge in [0.1, 0.15) is 5.75 Å². The van der Waals surface area contributed by atoms with Crippen LogP contribution in [0.2, 0.25) is 0 Å². The zero-order valence-electron chi connectivity index (χ0n) is 17.5. The van der Waals surface area contributed by atoms with E-state index in [0.29, 0.717) is 6.42 Å². The third-order valence-corrected chi connectivity index (χ3v) is 5.24. The second kappa shape index (κ2) is 9.30. The summed E-state index contributed by atoms with van der Waals surface area (Å²) >= 11 is 0. The molecule has 0 aliphatic rings. The Kier molecular flexibility index (Phi) is 6.13. The lowest BCUT2D eigenvalue weighted by Crippen LogP contribution is -2.25. The first-order valence-electron chi connectivity index (χ1n) is 10.1. The molecule has 5 heteroatoms. The fourth-order valence-corrected chi connectivity index (χ4v) is 3.64. The fraction of sp³-hybridized carbons (Fsp3) is 0.154. The number of hydrogen-bond acceptors (Lipinski definition) is 4. The molecule has 0 amide bonds. The maximum Gasteiger partial charge on any atom is 0.330 e. The Morgan fingerprint density at radius 2 is 1.58 bits per heavy atom. The lowest BCUT2D eigenvalue weighted by molar-refractivity contribution is -0.142. The summed E-state index contributed by atoms with van der Waals surface area (Å²) in [7, 11) is 3.04. The molecular formula is C26H24N2O3. The highest BCUT2D eigenvalue weighted by Gasteiger charge is 2.22. The van der Waals surface area contributed by atoms with Crippen molar-refractivity contribution >= 4 is 22.6 Å². The number of aliphatic imine (C=N–C) groups is 1. The van der Waals surface area contributed by atoms with Crippen molar-refractivity contribution in [2.45, 2.75) is 12.5 Å². The molecule has 1 aromatic heterocycles. The van der Waals surface area contributed by atoms with E-state index in [-0.39, 0.29) is 5.97 Å². The SMILES string of the molecule is COC(=O)[C@@H](Cc1c[nH]c2ccc(OC)cc12)N=C(c1ccccc1)c1ccccc1. The number of rotatable bonds is 7. The van der Waals surface area contributed by atoms with Crippen molar-refractivity contribution in [3.63, 3.8) is 0 Å². The van der Waals surface area contributed by atoms with Gasteiger partial charge in [-0.1, -0.05) is 60.7 Å². The number of hydrogen-bond donors (Lipinski definition) is 1. The first-order chi connectivity index (χ1) is 15.2. The van der Waals surface area contributed by atoms with Crippen LogP contribution in [0.15, 0.2) is 90.1 Å². The van der Waals surface area contributed by atoms with Crippen molar-refractivity contribution in [2.75, 3.05) is 14.2 Å². The Morgan fingerprint density at radius 1 is 0.935 bits per heavy atom. The molecule has 5 nitrogen and oxygen atoms in total. The van der Waals surface area contributed by atoms with Crippen LogP contribution in [0.25, 0.3) is 10.9 Å². The number of methoxy groups -OCH3 is 2. The van der Waals surface area contributed by atoms with Crippen LogP contribution in [-0.2, 0) is 16.0 Å². The van der Waals surface area contributed by atoms with Gasteiger partial charge in [0.15, 0.2) is 6.04 Å². The van der Waals surface area contributed by atoms with Gasteiger partial charge in [0, 0.05) is 34.6 Å². The molecule has 0 radical (unpaired) electrons. The van der Waals surface area contributed by atoms with E-state index >= 15 is 0 Å². The zero-order valence-corrected chi connectivity index (χ0v) is 17.5. The van der Waals surface area contributed by atoms with Gasteiger partial charge < -0.3 is 14.5 Å². The molecule has 0 aliphatic heterocycles. The predicted octanol–water partition coefficient (Wildman–Crippen LogP) is 4.80. The van der Waals surface area contributed by atoms with Crippen LogP contribution < -0.4 is 4.74 Å². The Balaban J connectivity index is 1.78. The molecule has 0 aliphatic carbocycles. The van der Waals surface area contributed by atoms with Gasteiger partial charge in [-0.3, -0.25) is 4.99 Å². The lowest BCUT2D eigenvalue weighted by atomic mass is 10.0. The molecule has 0 saturated carbocycles. The number of benzene rings is 3. The van der Waals surface area contributed by atoms with E-state index in [4.69, 9.17) is 14.5 Å². The highest BCUT2D eigenvalue weighted by atomic mass is 16.5. The van der Waals surface area contributed by atoms with Crippen molar-refractivity contribution in [1.82, 2.24) is 4.98 Å². The number of ether oxygens (including phenoxy) is 2. The monoisotopic (exact) mass is 412 g/mol. The fourth-order valence-electron chi connectivity index (χ4n) is 3.64. The highest BCUT2D eigenvalue weighted by Crippen LogP contribution is 2.25. The summed E-state index contributed by atoms with van der Waals surface area (Å²) in [6.07, 6.45) is 2.32. The van der Waals surface area contributed by atoms with Crippen molar-refractivity contribution in [3.8, 4) is 5.75 Å². The summed E-state index contributed by atoms with van der Waals surface area (Å²) in [5.74, 6) is 0.391. The molecule has 1 atom stereocenters. The number of aromatic nitrogens is 1. The summed E-state index contributed by atoms with van der Waals surface area (Å²) in [5, 5.41) is 1.00. The summed E-state index contributed by atoms with van der Waals surface area (Å²) < 4.78 is 10.5. The Bertz CT molecular complexity index is 1160. The number of H-pyrrole nitrogens is 1. The van der Waals surface area contributed by atoms with Gasteiger partial charge in [0.2, 0.25) is 0 Å². The normalized spacial score (nSPS) is 11.7. The third-order valence-electron chi connectivity index (χ3n) is 5.24. The average molecular weight is 412 g/mol. The van der Waals surface area contributed by atoms with Crippen molar-refractivity contribution in [2.24, 2.45) is 4.99 Å². The molecule has 4 rings (SSSR count). The number of aromatic amines is 1. The molecule has 156 valence electrons. The van der Waals surface area contributed by atoms with Gasteiger partial charge in [-0.2, -0.15) is 0 Å². The molecule has 0 saturated heterocycles. The van der Waals surface area contributed by atoms with Crippen molar-refractivity contribution in [1.29, 1.82) is 0 Å². The van der Waals surface area contributed by atoms with Gasteiger partial charge in [0.25, 0.3) is 0 Å². The molecule has 3 aromatic carbocycles. The quantitative estimate of drug-likeness (QED) is 0.350. The molecule has 0 bridgehead atoms. The minimum atomic E-state index is -0.689. The topological polar surface area (TPSA) is 63.7 Å². The van der Waals surface area contributed by atoms with Gasteiger partial charge in [-0.15, -0.1) is 0 Å². The van der Waals surface area contributed by atoms with Crippen molar-refractivity contribution in [3.05, 3.63) is 102 Å². The Hall–Kier alpha value is -3.86. The Morgan fingerprint density at radius 3 is 2.16 bits per heavy atom. The van der Waals surface area contributed by atoms with Gasteiger partial charge in [-0.05, 0) is 23.8 Å². The van der Waals surface area contributed by atoms with Crippen LogP contribution in [0.5, 0.6) is 5.75 Å². The standard InChI is InChI=1S/C26H24N2O3/c1-30-21-13-14-23-22(16-21)20(17-27-23)15-24(26(29)31-2)28-25(18-9-5-3-6-10-18)19-11-7-4-8-12-19/h3-14,16-17,24,27H,15H2,1-2H3/t24-/m1/s1. The molecule has 0 unspecified atom stereocenters. The molecule has 31 heavy (non-hydrogen) atoms. The first-order valence-corrected chi connectivity index (χ1v) is 10.1. The van der Waals surface area contributed by atoms with Crippen LogP contribution in [0.1, 0.15) is 16.7 Å². The van der Waals surface area contributed by atoms with Crippen LogP contribution in [0.4, 0.5) is 0 Å². The minimum Gasteiger partial charge on any atom is -0.497 e. The molecule has 1 heterocycles. The smallest absolute Gasteiger partial charge is 0.330 e. The zero-order chi connectivity index (χ0) is 21.6. The number of nitrogens with zero attached hydrogens (tertiary/aromatic N) is 1. The van der Waals surface area contributed by atoms with Crippen molar-refractivity contribution < 1.29 is 14.3 Å². The van der Waals surface area contributed by atoms with Gasteiger partial charge in [-0.25, -0.2) is 4.79 Å². The molecular weight excluding hydrogens is 388 g/mol. The van der Waals surface area contributed by atoms with E-state index in [9.17, 15) is 4.79 Å². The van der Waals surface area contributed by atoms with E-state index in [1.807, 2.05) is 85.1 Å². The summed E-state index contributed by atoms with van der Waals surface area (Å²) in [6, 6.07) is 24.9. The third kappa shape index (κ3) is 4.51. The summed E-state index contributed by atoms with van der Waals surface area (Å²) in [6.45, 7) is 0.